The fourth-order valence-electron chi connectivity index (χ4n) is 1.49. The van der Waals surface area contributed by atoms with Crippen LogP contribution in [0.3, 0.4) is 0 Å². The molecule has 0 aliphatic heterocycles. The Balaban J connectivity index is 0.000000256. The summed E-state index contributed by atoms with van der Waals surface area (Å²) in [6, 6.07) is 0. The van der Waals surface area contributed by atoms with Crippen LogP contribution in [0.4, 0.5) is 0 Å². The van der Waals surface area contributed by atoms with Crippen molar-refractivity contribution in [3.63, 3.8) is 0 Å². The molecule has 1 aromatic rings. The van der Waals surface area contributed by atoms with Crippen molar-refractivity contribution in [2.45, 2.75) is 6.54 Å². The van der Waals surface area contributed by atoms with Gasteiger partial charge in [0.05, 0.1) is 6.33 Å². The molecule has 0 spiro atoms. The maximum Gasteiger partial charge on any atom is 2.00 e. The Labute approximate surface area is 136 Å². The van der Waals surface area contributed by atoms with E-state index >= 15 is 0 Å². The van der Waals surface area contributed by atoms with Gasteiger partial charge in [0, 0.05) is 12.5 Å². The summed E-state index contributed by atoms with van der Waals surface area (Å²) in [6.07, 6.45) is 19.7. The molecular weight excluding hydrogens is 323 g/mol. The molecule has 2 aliphatic carbocycles. The molecule has 2 fully saturated rings. The van der Waals surface area contributed by atoms with Crippen LogP contribution in [-0.2, 0) is 23.6 Å². The number of hydrogen-bond acceptors (Lipinski definition) is 1. The van der Waals surface area contributed by atoms with Gasteiger partial charge in [0.15, 0.2) is 5.15 Å². The van der Waals surface area contributed by atoms with Crippen LogP contribution in [-0.4, -0.2) is 9.55 Å². The third-order valence-corrected chi connectivity index (χ3v) is 3.14. The smallest absolute Gasteiger partial charge is 0.320 e. The largest absolute Gasteiger partial charge is 2.00 e. The van der Waals surface area contributed by atoms with Crippen LogP contribution in [0.2, 0.25) is 10.3 Å². The zero-order valence-corrected chi connectivity index (χ0v) is 12.6. The Morgan fingerprint density at radius 3 is 1.84 bits per heavy atom. The molecule has 0 N–H and O–H groups in total. The summed E-state index contributed by atoms with van der Waals surface area (Å²) in [5, 5.41) is 0.844. The van der Waals surface area contributed by atoms with Crippen molar-refractivity contribution < 1.29 is 17.1 Å². The average molecular weight is 335 g/mol. The predicted octanol–water partition coefficient (Wildman–Crippen LogP) is 3.61. The molecule has 3 rings (SSSR count). The van der Waals surface area contributed by atoms with Crippen molar-refractivity contribution in [2.24, 2.45) is 0 Å². The Morgan fingerprint density at radius 1 is 0.895 bits per heavy atom. The molecule has 19 heavy (non-hydrogen) atoms. The van der Waals surface area contributed by atoms with Crippen molar-refractivity contribution in [1.82, 2.24) is 9.55 Å². The number of nitrogens with zero attached hydrogens (tertiary/aromatic N) is 2. The molecule has 2 saturated carbocycles. The summed E-state index contributed by atoms with van der Waals surface area (Å²) in [5.41, 5.74) is 0. The van der Waals surface area contributed by atoms with Gasteiger partial charge in [-0.2, -0.15) is 0 Å². The number of rotatable bonds is 2. The van der Waals surface area contributed by atoms with Gasteiger partial charge >= 0.3 is 17.1 Å². The monoisotopic (exact) mass is 334 g/mol. The molecule has 0 bridgehead atoms. The molecule has 2 nitrogen and oxygen atoms in total. The Hall–Kier alpha value is 0.309. The summed E-state index contributed by atoms with van der Waals surface area (Å²) in [5.74, 6) is 1.19. The van der Waals surface area contributed by atoms with Gasteiger partial charge in [0.2, 0.25) is 0 Å². The van der Waals surface area contributed by atoms with Crippen LogP contribution in [0.1, 0.15) is 0 Å². The summed E-state index contributed by atoms with van der Waals surface area (Å²) in [4.78, 5) is 3.89. The second-order valence-electron chi connectivity index (χ2n) is 3.71. The van der Waals surface area contributed by atoms with Gasteiger partial charge in [-0.05, 0) is 57.8 Å². The van der Waals surface area contributed by atoms with E-state index in [9.17, 15) is 0 Å². The van der Waals surface area contributed by atoms with Crippen LogP contribution in [0, 0.1) is 63.7 Å². The number of aromatic nitrogens is 2. The van der Waals surface area contributed by atoms with Crippen molar-refractivity contribution in [3.8, 4) is 0 Å². The molecule has 2 aliphatic rings. The molecule has 0 amide bonds. The second kappa shape index (κ2) is 9.28. The molecule has 0 aromatic carbocycles. The van der Waals surface area contributed by atoms with E-state index in [1.54, 1.807) is 10.9 Å². The van der Waals surface area contributed by atoms with Crippen LogP contribution in [0.25, 0.3) is 0 Å². The summed E-state index contributed by atoms with van der Waals surface area (Å²) >= 11 is 11.6. The minimum absolute atomic E-state index is 0. The summed E-state index contributed by atoms with van der Waals surface area (Å²) in [6.45, 7) is 0.714. The van der Waals surface area contributed by atoms with Crippen molar-refractivity contribution in [3.05, 3.63) is 80.3 Å². The number of imidazole rings is 1. The Kier molecular flexibility index (Phi) is 8.48. The third kappa shape index (κ3) is 5.67. The standard InChI is InChI=1S/C9H7Cl2N2.C5H5.Fe/c10-8-9(11)13(6-12-8)5-7-3-1-2-4-7;1-2-4-5-3-1;/h1-4,6H,5H2;1-5H;/q;;+2. The molecular formula is C14H12Cl2FeN2+2. The SMILES string of the molecule is Clc1ncn(C[C]2[CH][CH][CH][CH]2)c1Cl.[CH]1[CH][CH][CH][CH]1.[Fe+2]. The fraction of sp³-hybridized carbons (Fsp3) is 0.0714. The van der Waals surface area contributed by atoms with Gasteiger partial charge in [-0.1, -0.05) is 23.2 Å². The van der Waals surface area contributed by atoms with Gasteiger partial charge < -0.3 is 4.57 Å². The normalized spacial score (nSPS) is 18.8. The van der Waals surface area contributed by atoms with Gasteiger partial charge in [-0.25, -0.2) is 4.98 Å². The average Bonchev–Trinajstić information content (AvgIpc) is 3.09. The molecule has 1 aromatic heterocycles. The van der Waals surface area contributed by atoms with E-state index in [1.165, 1.54) is 5.92 Å². The zero-order valence-electron chi connectivity index (χ0n) is 9.98. The molecule has 5 heteroatoms. The number of halogens is 2. The first-order chi connectivity index (χ1) is 8.77. The van der Waals surface area contributed by atoms with Crippen molar-refractivity contribution in [2.75, 3.05) is 0 Å². The quantitative estimate of drug-likeness (QED) is 0.755. The van der Waals surface area contributed by atoms with E-state index in [0.717, 1.165) is 0 Å². The van der Waals surface area contributed by atoms with E-state index in [2.05, 4.69) is 4.98 Å². The van der Waals surface area contributed by atoms with E-state index in [-0.39, 0.29) is 17.1 Å². The van der Waals surface area contributed by atoms with Crippen LogP contribution >= 0.6 is 23.2 Å². The molecule has 1 heterocycles. The van der Waals surface area contributed by atoms with Crippen LogP contribution in [0.15, 0.2) is 6.33 Å². The van der Waals surface area contributed by atoms with E-state index in [4.69, 9.17) is 23.2 Å². The van der Waals surface area contributed by atoms with Crippen LogP contribution < -0.4 is 0 Å². The fourth-order valence-corrected chi connectivity index (χ4v) is 1.79. The van der Waals surface area contributed by atoms with Crippen molar-refractivity contribution in [1.29, 1.82) is 0 Å². The first-order valence-corrected chi connectivity index (χ1v) is 6.26. The van der Waals surface area contributed by atoms with Gasteiger partial charge in [-0.15, -0.1) is 0 Å². The van der Waals surface area contributed by atoms with E-state index < -0.39 is 0 Å². The number of hydrogen-bond donors (Lipinski definition) is 0. The maximum absolute atomic E-state index is 5.89. The first kappa shape index (κ1) is 17.4. The summed E-state index contributed by atoms with van der Waals surface area (Å²) < 4.78 is 1.80. The first-order valence-electron chi connectivity index (χ1n) is 5.51. The van der Waals surface area contributed by atoms with E-state index in [1.807, 2.05) is 57.8 Å². The third-order valence-electron chi connectivity index (χ3n) is 2.37. The van der Waals surface area contributed by atoms with Gasteiger partial charge in [-0.3, -0.25) is 0 Å². The zero-order chi connectivity index (χ0) is 12.8. The van der Waals surface area contributed by atoms with Gasteiger partial charge in [0.1, 0.15) is 5.15 Å². The molecule has 0 unspecified atom stereocenters. The predicted molar refractivity (Wildman–Crippen MR) is 74.2 cm³/mol. The Morgan fingerprint density at radius 2 is 1.42 bits per heavy atom. The van der Waals surface area contributed by atoms with Crippen molar-refractivity contribution >= 4 is 23.2 Å². The van der Waals surface area contributed by atoms with Gasteiger partial charge in [0.25, 0.3) is 0 Å². The molecule has 98 valence electrons. The van der Waals surface area contributed by atoms with Crippen LogP contribution in [0.5, 0.6) is 0 Å². The van der Waals surface area contributed by atoms with E-state index in [0.29, 0.717) is 16.9 Å². The molecule has 0 atom stereocenters. The molecule has 0 saturated heterocycles. The minimum Gasteiger partial charge on any atom is -0.320 e. The second-order valence-corrected chi connectivity index (χ2v) is 4.43. The maximum atomic E-state index is 5.89. The Bertz CT molecular complexity index is 351. The molecule has 10 radical (unpaired) electrons. The topological polar surface area (TPSA) is 17.8 Å². The minimum atomic E-state index is 0. The summed E-state index contributed by atoms with van der Waals surface area (Å²) in [7, 11) is 0.